The Balaban J connectivity index is 1.60. The van der Waals surface area contributed by atoms with Gasteiger partial charge in [-0.05, 0) is 46.8 Å². The zero-order chi connectivity index (χ0) is 25.7. The lowest BCUT2D eigenvalue weighted by atomic mass is 10.0. The summed E-state index contributed by atoms with van der Waals surface area (Å²) in [6.45, 7) is 21.3. The summed E-state index contributed by atoms with van der Waals surface area (Å²) in [5.41, 5.74) is 9.30. The van der Waals surface area contributed by atoms with Gasteiger partial charge < -0.3 is 9.64 Å². The first kappa shape index (κ1) is 25.1. The van der Waals surface area contributed by atoms with Crippen molar-refractivity contribution in [1.29, 1.82) is 0 Å². The molecule has 1 atom stereocenters. The highest BCUT2D eigenvalue weighted by Crippen LogP contribution is 2.45. The first-order valence-electron chi connectivity index (χ1n) is 13.4. The van der Waals surface area contributed by atoms with Crippen LogP contribution in [0.15, 0.2) is 78.4 Å². The van der Waals surface area contributed by atoms with Crippen LogP contribution in [0.2, 0.25) is 32.7 Å². The molecule has 2 aromatic carbocycles. The molecule has 2 aliphatic carbocycles. The van der Waals surface area contributed by atoms with Crippen LogP contribution in [0.25, 0.3) is 5.70 Å². The number of allylic oxidation sites excluding steroid dienone is 2. The molecule has 0 spiro atoms. The molecule has 1 heterocycles. The average molecular weight is 512 g/mol. The zero-order valence-electron chi connectivity index (χ0n) is 22.9. The monoisotopic (exact) mass is 511 g/mol. The Kier molecular flexibility index (Phi) is 6.54. The van der Waals surface area contributed by atoms with E-state index in [2.05, 4.69) is 106 Å². The highest BCUT2D eigenvalue weighted by Gasteiger charge is 2.43. The molecule has 188 valence electrons. The maximum absolute atomic E-state index is 6.53. The van der Waals surface area contributed by atoms with Crippen LogP contribution in [-0.2, 0) is 0 Å². The van der Waals surface area contributed by atoms with E-state index >= 15 is 0 Å². The molecule has 1 aliphatic heterocycles. The predicted molar refractivity (Wildman–Crippen MR) is 161 cm³/mol. The lowest BCUT2D eigenvalue weighted by Crippen LogP contribution is -2.51. The number of benzene rings is 2. The Hall–Kier alpha value is -2.57. The third-order valence-corrected chi connectivity index (χ3v) is 14.0. The molecule has 3 aliphatic rings. The first-order valence-corrected chi connectivity index (χ1v) is 20.0. The van der Waals surface area contributed by atoms with Crippen molar-refractivity contribution in [1.82, 2.24) is 4.90 Å². The van der Waals surface area contributed by atoms with Gasteiger partial charge in [-0.1, -0.05) is 106 Å². The summed E-state index contributed by atoms with van der Waals surface area (Å²) >= 11 is 0. The van der Waals surface area contributed by atoms with E-state index in [1.807, 2.05) is 6.08 Å². The van der Waals surface area contributed by atoms with Gasteiger partial charge in [0, 0.05) is 29.9 Å². The maximum atomic E-state index is 6.53. The second-order valence-corrected chi connectivity index (χ2v) is 21.9. The van der Waals surface area contributed by atoms with Gasteiger partial charge in [-0.15, -0.1) is 0 Å². The summed E-state index contributed by atoms with van der Waals surface area (Å²) in [4.78, 5) is 2.63. The van der Waals surface area contributed by atoms with Gasteiger partial charge in [-0.25, -0.2) is 0 Å². The van der Waals surface area contributed by atoms with E-state index in [-0.39, 0.29) is 0 Å². The van der Waals surface area contributed by atoms with E-state index in [1.54, 1.807) is 5.57 Å². The molecule has 0 saturated heterocycles. The normalized spacial score (nSPS) is 19.3. The molecule has 0 bridgehead atoms. The summed E-state index contributed by atoms with van der Waals surface area (Å²) in [6.07, 6.45) is 11.6. The lowest BCUT2D eigenvalue weighted by Gasteiger charge is -2.34. The highest BCUT2D eigenvalue weighted by atomic mass is 28.3. The number of nitrogens with zero attached hydrogens (tertiary/aromatic N) is 1. The Morgan fingerprint density at radius 2 is 1.81 bits per heavy atom. The predicted octanol–water partition coefficient (Wildman–Crippen LogP) is 6.66. The summed E-state index contributed by atoms with van der Waals surface area (Å²) in [7, 11) is -3.64. The molecule has 36 heavy (non-hydrogen) atoms. The molecule has 0 N–H and O–H groups in total. The van der Waals surface area contributed by atoms with Crippen LogP contribution in [-0.4, -0.2) is 40.7 Å². The molecule has 1 unspecified atom stereocenters. The van der Waals surface area contributed by atoms with Crippen molar-refractivity contribution >= 4 is 32.2 Å². The quantitative estimate of drug-likeness (QED) is 0.304. The second kappa shape index (κ2) is 9.39. The van der Waals surface area contributed by atoms with Crippen LogP contribution >= 0.6 is 0 Å². The van der Waals surface area contributed by atoms with Crippen LogP contribution in [0.5, 0.6) is 5.75 Å². The van der Waals surface area contributed by atoms with E-state index in [0.29, 0.717) is 12.1 Å². The van der Waals surface area contributed by atoms with Crippen molar-refractivity contribution in [2.24, 2.45) is 0 Å². The van der Waals surface area contributed by atoms with Gasteiger partial charge in [0.1, 0.15) is 12.4 Å². The van der Waals surface area contributed by atoms with Crippen LogP contribution in [0.1, 0.15) is 35.1 Å². The molecule has 0 aromatic heterocycles. The fourth-order valence-corrected chi connectivity index (χ4v) is 11.3. The van der Waals surface area contributed by atoms with E-state index in [4.69, 9.17) is 4.74 Å². The minimum absolute atomic E-state index is 0.416. The topological polar surface area (TPSA) is 12.5 Å². The number of aryl methyl sites for hydroxylation is 1. The number of fused-ring (bicyclic) bond motifs is 1. The molecule has 5 rings (SSSR count). The Morgan fingerprint density at radius 3 is 2.53 bits per heavy atom. The molecule has 0 fully saturated rings. The Morgan fingerprint density at radius 1 is 1.06 bits per heavy atom. The van der Waals surface area contributed by atoms with Crippen LogP contribution in [0, 0.1) is 6.92 Å². The smallest absolute Gasteiger partial charge is 0.118 e. The van der Waals surface area contributed by atoms with Crippen LogP contribution < -0.4 is 15.1 Å². The summed E-state index contributed by atoms with van der Waals surface area (Å²) in [5.74, 6) is 1.15. The molecular formula is C32H41NOSi2. The van der Waals surface area contributed by atoms with Gasteiger partial charge in [0.15, 0.2) is 0 Å². The molecular weight excluding hydrogens is 471 g/mol. The number of rotatable bonds is 7. The summed E-state index contributed by atoms with van der Waals surface area (Å²) in [5, 5.41) is 2.90. The van der Waals surface area contributed by atoms with E-state index in [1.165, 1.54) is 51.2 Å². The van der Waals surface area contributed by atoms with Crippen molar-refractivity contribution in [3.05, 3.63) is 95.1 Å². The van der Waals surface area contributed by atoms with Crippen LogP contribution in [0.4, 0.5) is 0 Å². The largest absolute Gasteiger partial charge is 0.490 e. The van der Waals surface area contributed by atoms with Crippen molar-refractivity contribution in [2.75, 3.05) is 19.7 Å². The zero-order valence-corrected chi connectivity index (χ0v) is 24.9. The average Bonchev–Trinajstić information content (AvgIpc) is 3.44. The second-order valence-electron chi connectivity index (χ2n) is 12.3. The Labute approximate surface area is 220 Å². The number of ether oxygens (including phenoxy) is 1. The number of hydrogen-bond acceptors (Lipinski definition) is 2. The SMILES string of the molecule is C=CCOc1c([Si](C)(C)C)cc(C)cc1[Si](C)(C)C1C=C(N2CC3=C(CCC=C3)C2)c2ccccc21. The van der Waals surface area contributed by atoms with Gasteiger partial charge in [-0.2, -0.15) is 0 Å². The van der Waals surface area contributed by atoms with Crippen molar-refractivity contribution < 1.29 is 4.74 Å². The van der Waals surface area contributed by atoms with Crippen molar-refractivity contribution in [2.45, 2.75) is 58.0 Å². The molecule has 2 aromatic rings. The highest BCUT2D eigenvalue weighted by molar-refractivity contribution is 6.94. The fraction of sp³-hybridized carbons (Fsp3) is 0.375. The third kappa shape index (κ3) is 4.39. The summed E-state index contributed by atoms with van der Waals surface area (Å²) < 4.78 is 6.53. The van der Waals surface area contributed by atoms with Crippen LogP contribution in [0.3, 0.4) is 0 Å². The molecule has 0 amide bonds. The third-order valence-electron chi connectivity index (χ3n) is 8.22. The summed E-state index contributed by atoms with van der Waals surface area (Å²) in [6, 6.07) is 14.0. The molecule has 2 nitrogen and oxygen atoms in total. The van der Waals surface area contributed by atoms with Gasteiger partial charge >= 0.3 is 0 Å². The fourth-order valence-electron chi connectivity index (χ4n) is 6.25. The molecule has 4 heteroatoms. The van der Waals surface area contributed by atoms with Crippen molar-refractivity contribution in [3.8, 4) is 5.75 Å². The van der Waals surface area contributed by atoms with Gasteiger partial charge in [-0.3, -0.25) is 0 Å². The van der Waals surface area contributed by atoms with Gasteiger partial charge in [0.25, 0.3) is 0 Å². The van der Waals surface area contributed by atoms with E-state index in [9.17, 15) is 0 Å². The van der Waals surface area contributed by atoms with E-state index < -0.39 is 16.1 Å². The lowest BCUT2D eigenvalue weighted by molar-refractivity contribution is 0.368. The van der Waals surface area contributed by atoms with Crippen molar-refractivity contribution in [3.63, 3.8) is 0 Å². The van der Waals surface area contributed by atoms with E-state index in [0.717, 1.165) is 18.8 Å². The van der Waals surface area contributed by atoms with Gasteiger partial charge in [0.05, 0.1) is 16.1 Å². The maximum Gasteiger partial charge on any atom is 0.118 e. The first-order chi connectivity index (χ1) is 17.1. The van der Waals surface area contributed by atoms with Gasteiger partial charge in [0.2, 0.25) is 0 Å². The number of hydrogen-bond donors (Lipinski definition) is 0. The minimum atomic E-state index is -2.03. The Bertz CT molecular complexity index is 1290. The molecule has 0 saturated carbocycles. The minimum Gasteiger partial charge on any atom is -0.490 e. The molecule has 0 radical (unpaired) electrons. The standard InChI is InChI=1S/C32H41NOSi2/c1-8-17-34-32-30(35(3,4)5)18-23(2)19-31(32)36(6,7)29-20-28(26-15-11-12-16-27(26)29)33-21-24-13-9-10-14-25(24)22-33/h8-9,11-13,15-16,18-20,29H,1,10,14,17,21-22H2,2-7H3.